The number of rotatable bonds is 0. The fraction of sp³-hybridized carbons (Fsp3) is 0. The molecule has 0 aromatic heterocycles. The third kappa shape index (κ3) is 57.1. The predicted octanol–water partition coefficient (Wildman–Crippen LogP) is -0.259. The van der Waals surface area contributed by atoms with E-state index in [9.17, 15) is 0 Å². The van der Waals surface area contributed by atoms with Crippen molar-refractivity contribution in [2.24, 2.45) is 0 Å². The first-order valence-corrected chi connectivity index (χ1v) is 0. The van der Waals surface area contributed by atoms with Gasteiger partial charge in [-0.1, -0.05) is 0 Å². The van der Waals surface area contributed by atoms with Crippen molar-refractivity contribution in [3.63, 3.8) is 0 Å². The van der Waals surface area contributed by atoms with E-state index in [1.807, 2.05) is 0 Å². The summed E-state index contributed by atoms with van der Waals surface area (Å²) in [5.41, 5.74) is 0. The van der Waals surface area contributed by atoms with Crippen LogP contribution >= 0.6 is 62.0 Å². The van der Waals surface area contributed by atoms with Crippen LogP contribution in [0.1, 0.15) is 0 Å². The average Bonchev–Trinajstić information content (AvgIpc) is 0. The first-order valence-electron chi connectivity index (χ1n) is 0. The summed E-state index contributed by atoms with van der Waals surface area (Å²) in [5.74, 6) is 0. The average molecular weight is 242 g/mol. The van der Waals surface area contributed by atoms with Gasteiger partial charge in [0.05, 0.1) is 0 Å². The van der Waals surface area contributed by atoms with Crippen LogP contribution in [0.25, 0.3) is 0 Å². The van der Waals surface area contributed by atoms with Crippen LogP contribution in [0.2, 0.25) is 0 Å². The van der Waals surface area contributed by atoms with Crippen LogP contribution in [0, 0.1) is 0 Å². The molecule has 0 aromatic rings. The van der Waals surface area contributed by atoms with Crippen LogP contribution in [0.15, 0.2) is 0 Å². The summed E-state index contributed by atoms with van der Waals surface area (Å²) in [6.07, 6.45) is 0. The number of halogens is 5. The molecule has 0 heterocycles. The first-order chi connectivity index (χ1) is 0. The Morgan fingerprint density at radius 3 is 0.286 bits per heavy atom. The van der Waals surface area contributed by atoms with Crippen molar-refractivity contribution in [1.29, 1.82) is 0 Å². The topological polar surface area (TPSA) is 0 Å². The van der Waals surface area contributed by atoms with Gasteiger partial charge in [-0.2, -0.15) is 0 Å². The summed E-state index contributed by atoms with van der Waals surface area (Å²) in [4.78, 5) is 0. The smallest absolute Gasteiger partial charge is 0.147 e. The minimum Gasteiger partial charge on any atom is -0.147 e. The van der Waals surface area contributed by atoms with Gasteiger partial charge in [0.1, 0.15) is 0 Å². The van der Waals surface area contributed by atoms with Gasteiger partial charge in [0.15, 0.2) is 34.7 Å². The van der Waals surface area contributed by atoms with E-state index in [1.165, 1.54) is 0 Å². The van der Waals surface area contributed by atoms with Crippen LogP contribution in [0.3, 0.4) is 0 Å². The summed E-state index contributed by atoms with van der Waals surface area (Å²) < 4.78 is 0. The lowest BCUT2D eigenvalue weighted by Gasteiger charge is -0.148. The Hall–Kier alpha value is 2.51. The Bertz CT molecular complexity index is 6.04. The molecule has 0 bridgehead atoms. The van der Waals surface area contributed by atoms with E-state index in [0.717, 1.165) is 0 Å². The lowest BCUT2D eigenvalue weighted by molar-refractivity contribution is 5.75. The van der Waals surface area contributed by atoms with E-state index in [0.29, 0.717) is 0 Å². The molecule has 0 saturated heterocycles. The highest BCUT2D eigenvalue weighted by Crippen LogP contribution is 0.694. The number of hydrogen-bond acceptors (Lipinski definition) is 0. The molecule has 0 nitrogen and oxygen atoms in total. The van der Waals surface area contributed by atoms with Crippen LogP contribution in [-0.4, -0.2) is 34.7 Å². The van der Waals surface area contributed by atoms with Crippen molar-refractivity contribution < 1.29 is 0 Å². The Balaban J connectivity index is 0. The highest BCUT2D eigenvalue weighted by atomic mass is 35.5. The van der Waals surface area contributed by atoms with Gasteiger partial charge in [0.2, 0.25) is 0 Å². The molecular formula is H11Al2Cl5. The maximum Gasteiger partial charge on any atom is 0.187 e. The largest absolute Gasteiger partial charge is 0.187 e. The molecule has 0 aromatic carbocycles. The van der Waals surface area contributed by atoms with Gasteiger partial charge in [-0.15, -0.1) is 62.0 Å². The van der Waals surface area contributed by atoms with Crippen molar-refractivity contribution in [2.75, 3.05) is 0 Å². The molecule has 0 spiro atoms. The Morgan fingerprint density at radius 1 is 0.286 bits per heavy atom. The van der Waals surface area contributed by atoms with Crippen LogP contribution in [0.5, 0.6) is 0 Å². The monoisotopic (exact) mass is 240 g/mol. The molecule has 0 aliphatic heterocycles. The molecule has 0 fully saturated rings. The first kappa shape index (κ1) is 109. The minimum atomic E-state index is 0. The van der Waals surface area contributed by atoms with Crippen molar-refractivity contribution in [1.82, 2.24) is 0 Å². The zero-order valence-electron chi connectivity index (χ0n) is 2.04. The summed E-state index contributed by atoms with van der Waals surface area (Å²) in [7, 11) is 0. The second-order valence-corrected chi connectivity index (χ2v) is 0. The van der Waals surface area contributed by atoms with E-state index >= 15 is 0 Å². The summed E-state index contributed by atoms with van der Waals surface area (Å²) in [6, 6.07) is 0. The Kier molecular flexibility index (Phi) is 1180. The highest BCUT2D eigenvalue weighted by Gasteiger charge is 0.188. The lowest BCUT2D eigenvalue weighted by atomic mass is 27.0. The van der Waals surface area contributed by atoms with E-state index in [2.05, 4.69) is 0 Å². The van der Waals surface area contributed by atoms with Crippen LogP contribution < -0.4 is 0 Å². The van der Waals surface area contributed by atoms with Crippen LogP contribution in [0.4, 0.5) is 0 Å². The van der Waals surface area contributed by atoms with Crippen LogP contribution in [-0.2, 0) is 0 Å². The molecule has 7 heteroatoms. The van der Waals surface area contributed by atoms with E-state index in [4.69, 9.17) is 0 Å². The summed E-state index contributed by atoms with van der Waals surface area (Å²) in [5, 5.41) is 0. The third-order valence-electron chi connectivity index (χ3n) is 0. The molecule has 0 aliphatic carbocycles. The molecule has 0 unspecified atom stereocenters. The molecule has 0 saturated carbocycles. The van der Waals surface area contributed by atoms with Crippen molar-refractivity contribution in [3.8, 4) is 0 Å². The molecule has 0 amide bonds. The fourth-order valence-corrected chi connectivity index (χ4v) is 0. The molecular weight excluding hydrogens is 231 g/mol. The number of hydrogen-bond donors (Lipinski definition) is 0. The van der Waals surface area contributed by atoms with Crippen molar-refractivity contribution >= 4 is 96.8 Å². The Morgan fingerprint density at radius 2 is 0.286 bits per heavy atom. The molecule has 0 rings (SSSR count). The van der Waals surface area contributed by atoms with Gasteiger partial charge in [-0.3, -0.25) is 0 Å². The van der Waals surface area contributed by atoms with Gasteiger partial charge in [0.25, 0.3) is 0 Å². The van der Waals surface area contributed by atoms with E-state index in [-0.39, 0.29) is 96.8 Å². The molecule has 0 atom stereocenters. The maximum atomic E-state index is 0. The van der Waals surface area contributed by atoms with Gasteiger partial charge >= 0.3 is 0 Å². The quantitative estimate of drug-likeness (QED) is 0.514. The molecule has 0 N–H and O–H groups in total. The zero-order valence-corrected chi connectivity index (χ0v) is 6.12. The second-order valence-electron chi connectivity index (χ2n) is 0. The van der Waals surface area contributed by atoms with E-state index in [1.54, 1.807) is 0 Å². The fourth-order valence-electron chi connectivity index (χ4n) is 0. The van der Waals surface area contributed by atoms with Gasteiger partial charge in [-0.05, 0) is 0 Å². The molecule has 0 radical (unpaired) electrons. The summed E-state index contributed by atoms with van der Waals surface area (Å²) in [6.45, 7) is 0. The van der Waals surface area contributed by atoms with Crippen molar-refractivity contribution in [3.05, 3.63) is 0 Å². The third-order valence-corrected chi connectivity index (χ3v) is 0. The lowest BCUT2D eigenvalue weighted by Crippen LogP contribution is -0.382. The standard InChI is InChI=1S/2Al.5ClH.6H/h;;5*1H;;;;;;. The van der Waals surface area contributed by atoms with Gasteiger partial charge < -0.3 is 0 Å². The maximum absolute atomic E-state index is 0. The van der Waals surface area contributed by atoms with Gasteiger partial charge in [-0.25, -0.2) is 0 Å². The molecule has 0 aliphatic rings. The van der Waals surface area contributed by atoms with Crippen molar-refractivity contribution in [2.45, 2.75) is 0 Å². The zero-order chi connectivity index (χ0) is 0. The predicted molar refractivity (Wildman–Crippen MR) is 56.1 cm³/mol. The SMILES string of the molecule is Cl.Cl.Cl.Cl.Cl.[AlH3].[AlH3]. The minimum absolute atomic E-state index is 0. The highest BCUT2D eigenvalue weighted by molar-refractivity contribution is 5.86. The molecule has 52 valence electrons. The Labute approximate surface area is 95.9 Å². The van der Waals surface area contributed by atoms with Gasteiger partial charge in [0, 0.05) is 0 Å². The molecule has 7 heavy (non-hydrogen) atoms. The van der Waals surface area contributed by atoms with E-state index < -0.39 is 0 Å². The second kappa shape index (κ2) is 76.0. The normalized spacial score (nSPS) is 0. The summed E-state index contributed by atoms with van der Waals surface area (Å²) >= 11 is 0.